The molecule has 0 aliphatic heterocycles. The molecule has 60 valence electrons. The van der Waals surface area contributed by atoms with Crippen molar-refractivity contribution < 1.29 is 4.48 Å². The average molecular weight is 143 g/mol. The van der Waals surface area contributed by atoms with Gasteiger partial charge in [-0.15, -0.1) is 0 Å². The molecule has 0 spiro atoms. The van der Waals surface area contributed by atoms with Crippen molar-refractivity contribution in [2.24, 2.45) is 0 Å². The Morgan fingerprint density at radius 2 is 1.80 bits per heavy atom. The lowest BCUT2D eigenvalue weighted by Crippen LogP contribution is -2.35. The van der Waals surface area contributed by atoms with Crippen molar-refractivity contribution in [1.29, 1.82) is 5.41 Å². The van der Waals surface area contributed by atoms with E-state index in [4.69, 9.17) is 5.41 Å². The fourth-order valence-corrected chi connectivity index (χ4v) is 0.819. The van der Waals surface area contributed by atoms with Crippen LogP contribution in [0.4, 0.5) is 0 Å². The fourth-order valence-electron chi connectivity index (χ4n) is 0.819. The molecule has 0 aliphatic carbocycles. The largest absolute Gasteiger partial charge is 0.331 e. The highest BCUT2D eigenvalue weighted by atomic mass is 15.3. The third kappa shape index (κ3) is 7.63. The molecule has 0 heterocycles. The molecule has 0 aliphatic rings. The molecule has 0 aromatic heterocycles. The van der Waals surface area contributed by atoms with Crippen LogP contribution in [0, 0.1) is 5.41 Å². The maximum atomic E-state index is 7.20. The van der Waals surface area contributed by atoms with Crippen LogP contribution >= 0.6 is 0 Å². The molecule has 0 unspecified atom stereocenters. The minimum absolute atomic E-state index is 0.799. The van der Waals surface area contributed by atoms with Crippen molar-refractivity contribution >= 4 is 5.71 Å². The van der Waals surface area contributed by atoms with Crippen molar-refractivity contribution in [3.63, 3.8) is 0 Å². The minimum Gasteiger partial charge on any atom is -0.331 e. The Hall–Kier alpha value is -0.370. The highest BCUT2D eigenvalue weighted by Crippen LogP contribution is 1.97. The first-order chi connectivity index (χ1) is 4.42. The third-order valence-electron chi connectivity index (χ3n) is 1.38. The van der Waals surface area contributed by atoms with Crippen LogP contribution in [-0.4, -0.2) is 37.9 Å². The van der Waals surface area contributed by atoms with Crippen molar-refractivity contribution in [3.05, 3.63) is 0 Å². The van der Waals surface area contributed by atoms with Gasteiger partial charge < -0.3 is 9.89 Å². The highest BCUT2D eigenvalue weighted by Gasteiger charge is 2.05. The maximum Gasteiger partial charge on any atom is 0.0784 e. The molecule has 0 fully saturated rings. The Labute approximate surface area is 63.9 Å². The summed E-state index contributed by atoms with van der Waals surface area (Å²) >= 11 is 0. The standard InChI is InChI=1S/C8H19N2/c1-8(9)6-5-7-10(2,3)4/h9H,5-7H2,1-4H3/q+1. The van der Waals surface area contributed by atoms with E-state index in [0.29, 0.717) is 0 Å². The lowest BCUT2D eigenvalue weighted by atomic mass is 10.2. The molecule has 0 radical (unpaired) electrons. The van der Waals surface area contributed by atoms with Gasteiger partial charge in [0.05, 0.1) is 27.7 Å². The zero-order chi connectivity index (χ0) is 8.20. The molecule has 0 atom stereocenters. The van der Waals surface area contributed by atoms with Gasteiger partial charge in [0.2, 0.25) is 0 Å². The summed E-state index contributed by atoms with van der Waals surface area (Å²) in [6.07, 6.45) is 2.09. The molecule has 0 amide bonds. The van der Waals surface area contributed by atoms with Crippen LogP contribution in [0.5, 0.6) is 0 Å². The van der Waals surface area contributed by atoms with E-state index in [1.807, 2.05) is 6.92 Å². The number of rotatable bonds is 4. The summed E-state index contributed by atoms with van der Waals surface area (Å²) in [6, 6.07) is 0. The maximum absolute atomic E-state index is 7.20. The second kappa shape index (κ2) is 3.71. The average Bonchev–Trinajstić information content (AvgIpc) is 1.59. The summed E-state index contributed by atoms with van der Waals surface area (Å²) in [6.45, 7) is 3.03. The van der Waals surface area contributed by atoms with Crippen LogP contribution in [0.15, 0.2) is 0 Å². The fraction of sp³-hybridized carbons (Fsp3) is 0.875. The minimum atomic E-state index is 0.799. The van der Waals surface area contributed by atoms with Crippen LogP contribution < -0.4 is 0 Å². The van der Waals surface area contributed by atoms with Crippen molar-refractivity contribution in [2.75, 3.05) is 27.7 Å². The Balaban J connectivity index is 3.29. The van der Waals surface area contributed by atoms with E-state index in [0.717, 1.165) is 29.6 Å². The van der Waals surface area contributed by atoms with E-state index in [9.17, 15) is 0 Å². The van der Waals surface area contributed by atoms with E-state index < -0.39 is 0 Å². The van der Waals surface area contributed by atoms with Gasteiger partial charge in [0.1, 0.15) is 0 Å². The molecule has 0 aromatic rings. The Morgan fingerprint density at radius 1 is 1.30 bits per heavy atom. The molecule has 0 aromatic carbocycles. The highest BCUT2D eigenvalue weighted by molar-refractivity contribution is 5.78. The van der Waals surface area contributed by atoms with Gasteiger partial charge in [-0.25, -0.2) is 0 Å². The van der Waals surface area contributed by atoms with Gasteiger partial charge in [-0.1, -0.05) is 0 Å². The van der Waals surface area contributed by atoms with Gasteiger partial charge in [-0.05, 0) is 13.3 Å². The lowest BCUT2D eigenvalue weighted by molar-refractivity contribution is -0.870. The first kappa shape index (κ1) is 9.63. The summed E-state index contributed by atoms with van der Waals surface area (Å²) in [5.74, 6) is 0. The number of nitrogens with one attached hydrogen (secondary N) is 1. The molecular weight excluding hydrogens is 124 g/mol. The summed E-state index contributed by atoms with van der Waals surface area (Å²) in [5.41, 5.74) is 0.799. The predicted molar refractivity (Wildman–Crippen MR) is 45.5 cm³/mol. The van der Waals surface area contributed by atoms with Crippen LogP contribution in [0.1, 0.15) is 19.8 Å². The van der Waals surface area contributed by atoms with E-state index in [-0.39, 0.29) is 0 Å². The second-order valence-corrected chi connectivity index (χ2v) is 3.90. The monoisotopic (exact) mass is 143 g/mol. The van der Waals surface area contributed by atoms with Gasteiger partial charge in [0, 0.05) is 12.1 Å². The van der Waals surface area contributed by atoms with Crippen LogP contribution in [0.25, 0.3) is 0 Å². The van der Waals surface area contributed by atoms with Crippen LogP contribution in [-0.2, 0) is 0 Å². The van der Waals surface area contributed by atoms with Crippen LogP contribution in [0.2, 0.25) is 0 Å². The number of hydrogen-bond acceptors (Lipinski definition) is 1. The molecule has 0 saturated heterocycles. The SMILES string of the molecule is CC(=N)CCC[N+](C)(C)C. The van der Waals surface area contributed by atoms with Crippen molar-refractivity contribution in [3.8, 4) is 0 Å². The lowest BCUT2D eigenvalue weighted by Gasteiger charge is -2.23. The van der Waals surface area contributed by atoms with E-state index in [1.165, 1.54) is 0 Å². The molecule has 0 saturated carbocycles. The topological polar surface area (TPSA) is 23.9 Å². The van der Waals surface area contributed by atoms with Crippen LogP contribution in [0.3, 0.4) is 0 Å². The summed E-state index contributed by atoms with van der Waals surface area (Å²) < 4.78 is 1.01. The Kier molecular flexibility index (Phi) is 3.58. The molecule has 0 bridgehead atoms. The van der Waals surface area contributed by atoms with Gasteiger partial charge >= 0.3 is 0 Å². The third-order valence-corrected chi connectivity index (χ3v) is 1.38. The summed E-state index contributed by atoms with van der Waals surface area (Å²) in [4.78, 5) is 0. The summed E-state index contributed by atoms with van der Waals surface area (Å²) in [7, 11) is 6.54. The summed E-state index contributed by atoms with van der Waals surface area (Å²) in [5, 5.41) is 7.20. The Morgan fingerprint density at radius 3 is 2.10 bits per heavy atom. The molecule has 0 rings (SSSR count). The van der Waals surface area contributed by atoms with Gasteiger partial charge in [-0.2, -0.15) is 0 Å². The number of quaternary nitrogens is 1. The number of hydrogen-bond donors (Lipinski definition) is 1. The predicted octanol–water partition coefficient (Wildman–Crippen LogP) is 1.51. The van der Waals surface area contributed by atoms with Gasteiger partial charge in [0.15, 0.2) is 0 Å². The van der Waals surface area contributed by atoms with E-state index in [2.05, 4.69) is 21.1 Å². The van der Waals surface area contributed by atoms with Gasteiger partial charge in [0.25, 0.3) is 0 Å². The van der Waals surface area contributed by atoms with E-state index >= 15 is 0 Å². The molecule has 2 nitrogen and oxygen atoms in total. The van der Waals surface area contributed by atoms with Gasteiger partial charge in [-0.3, -0.25) is 0 Å². The molecule has 2 heteroatoms. The smallest absolute Gasteiger partial charge is 0.0784 e. The molecular formula is C8H19N2+. The molecule has 1 N–H and O–H groups in total. The Bertz CT molecular complexity index is 111. The zero-order valence-electron chi connectivity index (χ0n) is 7.57. The first-order valence-corrected chi connectivity index (χ1v) is 3.76. The quantitative estimate of drug-likeness (QED) is 0.455. The first-order valence-electron chi connectivity index (χ1n) is 3.76. The normalized spacial score (nSPS) is 11.6. The number of nitrogens with zero attached hydrogens (tertiary/aromatic N) is 1. The van der Waals surface area contributed by atoms with Crippen molar-refractivity contribution in [2.45, 2.75) is 19.8 Å². The van der Waals surface area contributed by atoms with E-state index in [1.54, 1.807) is 0 Å². The zero-order valence-corrected chi connectivity index (χ0v) is 7.57. The second-order valence-electron chi connectivity index (χ2n) is 3.90. The van der Waals surface area contributed by atoms with Crippen molar-refractivity contribution in [1.82, 2.24) is 0 Å². The molecule has 10 heavy (non-hydrogen) atoms.